The largest absolute Gasteiger partial charge is 0.496 e. The first kappa shape index (κ1) is 22.8. The zero-order valence-electron chi connectivity index (χ0n) is 18.5. The van der Waals surface area contributed by atoms with E-state index in [-0.39, 0.29) is 5.91 Å². The van der Waals surface area contributed by atoms with E-state index in [2.05, 4.69) is 23.5 Å². The lowest BCUT2D eigenvalue weighted by molar-refractivity contribution is 0.0959. The number of amides is 1. The normalized spacial score (nSPS) is 11.2. The maximum absolute atomic E-state index is 12.6. The van der Waals surface area contributed by atoms with Gasteiger partial charge in [0.05, 0.1) is 18.3 Å². The van der Waals surface area contributed by atoms with Crippen LogP contribution >= 0.6 is 22.9 Å². The van der Waals surface area contributed by atoms with Gasteiger partial charge in [-0.15, -0.1) is 11.3 Å². The maximum atomic E-state index is 12.6. The molecule has 0 aliphatic rings. The minimum atomic E-state index is -0.343. The highest BCUT2D eigenvalue weighted by Gasteiger charge is 2.16. The second kappa shape index (κ2) is 10.1. The van der Waals surface area contributed by atoms with Crippen LogP contribution in [0.1, 0.15) is 31.9 Å². The summed E-state index contributed by atoms with van der Waals surface area (Å²) in [6.45, 7) is 4.44. The lowest BCUT2D eigenvalue weighted by Crippen LogP contribution is -2.16. The molecule has 33 heavy (non-hydrogen) atoms. The average molecular weight is 479 g/mol. The fourth-order valence-electron chi connectivity index (χ4n) is 3.40. The van der Waals surface area contributed by atoms with Gasteiger partial charge in [-0.05, 0) is 60.9 Å². The van der Waals surface area contributed by atoms with E-state index in [1.54, 1.807) is 13.3 Å². The Kier molecular flexibility index (Phi) is 6.96. The Balaban J connectivity index is 1.47. The van der Waals surface area contributed by atoms with Crippen molar-refractivity contribution in [3.63, 3.8) is 0 Å². The molecule has 168 valence electrons. The summed E-state index contributed by atoms with van der Waals surface area (Å²) in [6.07, 6.45) is 1.58. The third kappa shape index (κ3) is 5.02. The van der Waals surface area contributed by atoms with Gasteiger partial charge in [0, 0.05) is 15.6 Å². The van der Waals surface area contributed by atoms with E-state index in [1.165, 1.54) is 16.9 Å². The van der Waals surface area contributed by atoms with Crippen molar-refractivity contribution in [1.82, 2.24) is 5.43 Å². The smallest absolute Gasteiger partial charge is 0.283 e. The van der Waals surface area contributed by atoms with E-state index in [1.807, 2.05) is 61.5 Å². The lowest BCUT2D eigenvalue weighted by Gasteiger charge is -2.13. The number of hydrogen-bond acceptors (Lipinski definition) is 5. The summed E-state index contributed by atoms with van der Waals surface area (Å²) < 4.78 is 12.5. The van der Waals surface area contributed by atoms with Gasteiger partial charge in [0.15, 0.2) is 0 Å². The van der Waals surface area contributed by atoms with Crippen molar-refractivity contribution >= 4 is 45.1 Å². The number of aryl methyl sites for hydroxylation is 1. The highest BCUT2D eigenvalue weighted by molar-refractivity contribution is 7.21. The number of methoxy groups -OCH3 is 1. The predicted octanol–water partition coefficient (Wildman–Crippen LogP) is 6.52. The Bertz CT molecular complexity index is 1350. The van der Waals surface area contributed by atoms with Gasteiger partial charge < -0.3 is 9.47 Å². The van der Waals surface area contributed by atoms with Crippen LogP contribution in [-0.4, -0.2) is 19.2 Å². The van der Waals surface area contributed by atoms with Gasteiger partial charge in [0.1, 0.15) is 23.0 Å². The second-order valence-electron chi connectivity index (χ2n) is 7.50. The van der Waals surface area contributed by atoms with Crippen molar-refractivity contribution in [2.75, 3.05) is 7.11 Å². The third-order valence-corrected chi connectivity index (χ3v) is 7.04. The molecule has 0 saturated carbocycles. The predicted molar refractivity (Wildman–Crippen MR) is 135 cm³/mol. The SMILES string of the molecule is COc1ccc(/C=N\NC(=O)c2sc3ccccc3c2Cl)cc1COc1cccc(C)c1C. The molecule has 5 nitrogen and oxygen atoms in total. The van der Waals surface area contributed by atoms with Crippen LogP contribution in [0, 0.1) is 13.8 Å². The van der Waals surface area contributed by atoms with Crippen LogP contribution in [0.3, 0.4) is 0 Å². The lowest BCUT2D eigenvalue weighted by atomic mass is 10.1. The topological polar surface area (TPSA) is 59.9 Å². The summed E-state index contributed by atoms with van der Waals surface area (Å²) in [5.74, 6) is 1.21. The summed E-state index contributed by atoms with van der Waals surface area (Å²) >= 11 is 7.72. The van der Waals surface area contributed by atoms with E-state index < -0.39 is 0 Å². The Morgan fingerprint density at radius 3 is 2.70 bits per heavy atom. The van der Waals surface area contributed by atoms with Gasteiger partial charge in [-0.1, -0.05) is 41.9 Å². The molecular formula is C26H23ClN2O3S. The van der Waals surface area contributed by atoms with E-state index in [4.69, 9.17) is 21.1 Å². The van der Waals surface area contributed by atoms with Gasteiger partial charge in [0.2, 0.25) is 0 Å². The number of nitrogens with one attached hydrogen (secondary N) is 1. The number of rotatable bonds is 7. The molecule has 1 aromatic heterocycles. The van der Waals surface area contributed by atoms with Crippen molar-refractivity contribution in [2.45, 2.75) is 20.5 Å². The number of halogens is 1. The molecule has 0 aliphatic heterocycles. The van der Waals surface area contributed by atoms with Crippen LogP contribution < -0.4 is 14.9 Å². The van der Waals surface area contributed by atoms with E-state index in [9.17, 15) is 4.79 Å². The zero-order chi connectivity index (χ0) is 23.4. The Hall–Kier alpha value is -3.35. The van der Waals surface area contributed by atoms with Crippen LogP contribution in [0.2, 0.25) is 5.02 Å². The second-order valence-corrected chi connectivity index (χ2v) is 8.93. The first-order valence-electron chi connectivity index (χ1n) is 10.3. The standard InChI is InChI=1S/C26H23ClN2O3S/c1-16-7-6-9-21(17(16)2)32-15-19-13-18(11-12-22(19)31-3)14-28-29-26(30)25-24(27)20-8-4-5-10-23(20)33-25/h4-14H,15H2,1-3H3,(H,29,30)/b28-14-. The summed E-state index contributed by atoms with van der Waals surface area (Å²) in [4.78, 5) is 13.0. The number of ether oxygens (including phenoxy) is 2. The van der Waals surface area contributed by atoms with Crippen molar-refractivity contribution < 1.29 is 14.3 Å². The minimum absolute atomic E-state index is 0.343. The molecule has 0 saturated heterocycles. The van der Waals surface area contributed by atoms with Gasteiger partial charge in [-0.3, -0.25) is 4.79 Å². The fraction of sp³-hybridized carbons (Fsp3) is 0.154. The molecule has 0 atom stereocenters. The maximum Gasteiger partial charge on any atom is 0.283 e. The summed E-state index contributed by atoms with van der Waals surface area (Å²) in [5, 5.41) is 5.42. The summed E-state index contributed by atoms with van der Waals surface area (Å²) in [6, 6.07) is 19.3. The molecule has 0 unspecified atom stereocenters. The summed E-state index contributed by atoms with van der Waals surface area (Å²) in [7, 11) is 1.62. The molecule has 4 rings (SSSR count). The van der Waals surface area contributed by atoms with Gasteiger partial charge in [-0.2, -0.15) is 5.10 Å². The average Bonchev–Trinajstić information content (AvgIpc) is 3.17. The quantitative estimate of drug-likeness (QED) is 0.243. The summed E-state index contributed by atoms with van der Waals surface area (Å²) in [5.41, 5.74) is 6.53. The number of carbonyl (C=O) groups excluding carboxylic acids is 1. The Morgan fingerprint density at radius 1 is 1.09 bits per heavy atom. The van der Waals surface area contributed by atoms with Crippen LogP contribution in [0.15, 0.2) is 65.8 Å². The number of fused-ring (bicyclic) bond motifs is 1. The first-order valence-corrected chi connectivity index (χ1v) is 11.5. The molecule has 7 heteroatoms. The fourth-order valence-corrected chi connectivity index (χ4v) is 4.81. The zero-order valence-corrected chi connectivity index (χ0v) is 20.1. The number of nitrogens with zero attached hydrogens (tertiary/aromatic N) is 1. The van der Waals surface area contributed by atoms with Crippen LogP contribution in [-0.2, 0) is 6.61 Å². The minimum Gasteiger partial charge on any atom is -0.496 e. The monoisotopic (exact) mass is 478 g/mol. The third-order valence-electron chi connectivity index (χ3n) is 5.36. The van der Waals surface area contributed by atoms with E-state index in [0.29, 0.717) is 16.5 Å². The molecule has 4 aromatic rings. The first-order chi connectivity index (χ1) is 16.0. The molecule has 0 radical (unpaired) electrons. The Labute approximate surface area is 201 Å². The molecule has 0 aliphatic carbocycles. The molecule has 0 fully saturated rings. The van der Waals surface area contributed by atoms with Crippen molar-refractivity contribution in [2.24, 2.45) is 5.10 Å². The van der Waals surface area contributed by atoms with Crippen LogP contribution in [0.25, 0.3) is 10.1 Å². The van der Waals surface area contributed by atoms with Crippen LogP contribution in [0.4, 0.5) is 0 Å². The van der Waals surface area contributed by atoms with Crippen molar-refractivity contribution in [3.8, 4) is 11.5 Å². The number of thiophene rings is 1. The van der Waals surface area contributed by atoms with Gasteiger partial charge in [0.25, 0.3) is 5.91 Å². The number of carbonyl (C=O) groups is 1. The molecular weight excluding hydrogens is 456 g/mol. The van der Waals surface area contributed by atoms with E-state index in [0.717, 1.165) is 38.3 Å². The number of hydrogen-bond donors (Lipinski definition) is 1. The molecule has 1 heterocycles. The molecule has 3 aromatic carbocycles. The highest BCUT2D eigenvalue weighted by Crippen LogP contribution is 2.35. The van der Waals surface area contributed by atoms with Gasteiger partial charge >= 0.3 is 0 Å². The molecule has 1 N–H and O–H groups in total. The van der Waals surface area contributed by atoms with E-state index >= 15 is 0 Å². The van der Waals surface area contributed by atoms with Crippen molar-refractivity contribution in [3.05, 3.63) is 92.8 Å². The Morgan fingerprint density at radius 2 is 1.91 bits per heavy atom. The molecule has 1 amide bonds. The van der Waals surface area contributed by atoms with Crippen molar-refractivity contribution in [1.29, 1.82) is 0 Å². The van der Waals surface area contributed by atoms with Gasteiger partial charge in [-0.25, -0.2) is 5.43 Å². The number of hydrazone groups is 1. The highest BCUT2D eigenvalue weighted by atomic mass is 35.5. The molecule has 0 bridgehead atoms. The van der Waals surface area contributed by atoms with Crippen LogP contribution in [0.5, 0.6) is 11.5 Å². The number of benzene rings is 3. The molecule has 0 spiro atoms.